The van der Waals surface area contributed by atoms with Gasteiger partial charge < -0.3 is 15.4 Å². The summed E-state index contributed by atoms with van der Waals surface area (Å²) in [5, 5.41) is 6.08. The van der Waals surface area contributed by atoms with Crippen LogP contribution in [0, 0.1) is 0 Å². The standard InChI is InChI=1S/C16H26N2O2/c1-13(15-7-5-4-6-8-15)9-10-17-14(2)16(19)18-11-12-20-3/h4-8,13-14,17H,9-12H2,1-3H3,(H,18,19). The maximum Gasteiger partial charge on any atom is 0.236 e. The van der Waals surface area contributed by atoms with Crippen molar-refractivity contribution in [3.05, 3.63) is 35.9 Å². The Morgan fingerprint density at radius 3 is 2.55 bits per heavy atom. The van der Waals surface area contributed by atoms with Crippen LogP contribution in [0.5, 0.6) is 0 Å². The molecule has 2 N–H and O–H groups in total. The van der Waals surface area contributed by atoms with Crippen molar-refractivity contribution in [1.82, 2.24) is 10.6 Å². The number of carbonyl (C=O) groups excluding carboxylic acids is 1. The van der Waals surface area contributed by atoms with Crippen LogP contribution in [-0.2, 0) is 9.53 Å². The molecule has 20 heavy (non-hydrogen) atoms. The van der Waals surface area contributed by atoms with Crippen LogP contribution in [0.1, 0.15) is 31.7 Å². The molecule has 112 valence electrons. The molecule has 0 spiro atoms. The van der Waals surface area contributed by atoms with Crippen molar-refractivity contribution in [3.63, 3.8) is 0 Å². The minimum absolute atomic E-state index is 0.0226. The minimum Gasteiger partial charge on any atom is -0.383 e. The fourth-order valence-corrected chi connectivity index (χ4v) is 1.99. The summed E-state index contributed by atoms with van der Waals surface area (Å²) in [6, 6.07) is 10.3. The summed E-state index contributed by atoms with van der Waals surface area (Å²) in [6.45, 7) is 6.02. The first-order valence-electron chi connectivity index (χ1n) is 7.20. The highest BCUT2D eigenvalue weighted by Crippen LogP contribution is 2.17. The van der Waals surface area contributed by atoms with Gasteiger partial charge in [-0.05, 0) is 31.4 Å². The largest absolute Gasteiger partial charge is 0.383 e. The lowest BCUT2D eigenvalue weighted by molar-refractivity contribution is -0.122. The van der Waals surface area contributed by atoms with E-state index < -0.39 is 0 Å². The first-order chi connectivity index (χ1) is 9.65. The lowest BCUT2D eigenvalue weighted by Gasteiger charge is -2.16. The minimum atomic E-state index is -0.171. The van der Waals surface area contributed by atoms with Crippen LogP contribution in [-0.4, -0.2) is 38.8 Å². The van der Waals surface area contributed by atoms with Crippen LogP contribution in [0.15, 0.2) is 30.3 Å². The molecule has 1 amide bonds. The number of hydrogen-bond acceptors (Lipinski definition) is 3. The molecule has 0 aliphatic rings. The Morgan fingerprint density at radius 2 is 1.90 bits per heavy atom. The van der Waals surface area contributed by atoms with E-state index in [0.717, 1.165) is 13.0 Å². The lowest BCUT2D eigenvalue weighted by atomic mass is 9.98. The van der Waals surface area contributed by atoms with Crippen molar-refractivity contribution in [2.75, 3.05) is 26.8 Å². The second-order valence-corrected chi connectivity index (χ2v) is 5.06. The van der Waals surface area contributed by atoms with Gasteiger partial charge in [-0.15, -0.1) is 0 Å². The first kappa shape index (κ1) is 16.7. The highest BCUT2D eigenvalue weighted by Gasteiger charge is 2.12. The van der Waals surface area contributed by atoms with Gasteiger partial charge in [-0.1, -0.05) is 37.3 Å². The van der Waals surface area contributed by atoms with E-state index in [1.807, 2.05) is 13.0 Å². The van der Waals surface area contributed by atoms with Crippen LogP contribution in [0.4, 0.5) is 0 Å². The van der Waals surface area contributed by atoms with Gasteiger partial charge in [0.25, 0.3) is 0 Å². The van der Waals surface area contributed by atoms with Crippen molar-refractivity contribution in [1.29, 1.82) is 0 Å². The average molecular weight is 278 g/mol. The Labute approximate surface area is 121 Å². The zero-order valence-electron chi connectivity index (χ0n) is 12.7. The Balaban J connectivity index is 2.21. The van der Waals surface area contributed by atoms with E-state index in [2.05, 4.69) is 41.8 Å². The molecule has 1 aromatic rings. The molecule has 2 unspecified atom stereocenters. The fourth-order valence-electron chi connectivity index (χ4n) is 1.99. The molecule has 0 radical (unpaired) electrons. The van der Waals surface area contributed by atoms with Gasteiger partial charge in [-0.25, -0.2) is 0 Å². The third kappa shape index (κ3) is 6.17. The molecule has 1 rings (SSSR count). The molecule has 2 atom stereocenters. The molecule has 0 aliphatic carbocycles. The van der Waals surface area contributed by atoms with E-state index >= 15 is 0 Å². The maximum atomic E-state index is 11.7. The number of methoxy groups -OCH3 is 1. The monoisotopic (exact) mass is 278 g/mol. The van der Waals surface area contributed by atoms with Crippen molar-refractivity contribution in [2.24, 2.45) is 0 Å². The molecule has 4 nitrogen and oxygen atoms in total. The number of carbonyl (C=O) groups is 1. The third-order valence-corrected chi connectivity index (χ3v) is 3.40. The highest BCUT2D eigenvalue weighted by molar-refractivity contribution is 5.81. The Kier molecular flexibility index (Phi) is 7.92. The van der Waals surface area contributed by atoms with Crippen molar-refractivity contribution < 1.29 is 9.53 Å². The van der Waals surface area contributed by atoms with Gasteiger partial charge >= 0.3 is 0 Å². The molecule has 0 aliphatic heterocycles. The van der Waals surface area contributed by atoms with Crippen LogP contribution >= 0.6 is 0 Å². The molecule has 0 fully saturated rings. The second kappa shape index (κ2) is 9.50. The van der Waals surface area contributed by atoms with E-state index in [-0.39, 0.29) is 11.9 Å². The number of nitrogens with one attached hydrogen (secondary N) is 2. The van der Waals surface area contributed by atoms with Gasteiger partial charge in [-0.3, -0.25) is 4.79 Å². The fraction of sp³-hybridized carbons (Fsp3) is 0.562. The van der Waals surface area contributed by atoms with Crippen LogP contribution in [0.25, 0.3) is 0 Å². The Bertz CT molecular complexity index is 381. The van der Waals surface area contributed by atoms with Gasteiger partial charge in [0.15, 0.2) is 0 Å². The molecule has 1 aromatic carbocycles. The maximum absolute atomic E-state index is 11.7. The summed E-state index contributed by atoms with van der Waals surface area (Å²) in [4.78, 5) is 11.7. The molecular formula is C16H26N2O2. The van der Waals surface area contributed by atoms with Gasteiger partial charge in [0.1, 0.15) is 0 Å². The summed E-state index contributed by atoms with van der Waals surface area (Å²) in [5.41, 5.74) is 1.34. The quantitative estimate of drug-likeness (QED) is 0.679. The highest BCUT2D eigenvalue weighted by atomic mass is 16.5. The number of rotatable bonds is 9. The Morgan fingerprint density at radius 1 is 1.20 bits per heavy atom. The molecule has 0 saturated heterocycles. The van der Waals surface area contributed by atoms with Gasteiger partial charge in [-0.2, -0.15) is 0 Å². The molecule has 0 saturated carbocycles. The van der Waals surface area contributed by atoms with Crippen LogP contribution in [0.2, 0.25) is 0 Å². The summed E-state index contributed by atoms with van der Waals surface area (Å²) < 4.78 is 4.90. The smallest absolute Gasteiger partial charge is 0.236 e. The Hall–Kier alpha value is -1.39. The number of ether oxygens (including phenoxy) is 1. The summed E-state index contributed by atoms with van der Waals surface area (Å²) >= 11 is 0. The zero-order chi connectivity index (χ0) is 14.8. The lowest BCUT2D eigenvalue weighted by Crippen LogP contribution is -2.43. The first-order valence-corrected chi connectivity index (χ1v) is 7.20. The second-order valence-electron chi connectivity index (χ2n) is 5.06. The van der Waals surface area contributed by atoms with E-state index in [9.17, 15) is 4.79 Å². The van der Waals surface area contributed by atoms with Crippen LogP contribution in [0.3, 0.4) is 0 Å². The van der Waals surface area contributed by atoms with E-state index in [0.29, 0.717) is 19.1 Å². The summed E-state index contributed by atoms with van der Waals surface area (Å²) in [5.74, 6) is 0.516. The summed E-state index contributed by atoms with van der Waals surface area (Å²) in [7, 11) is 1.62. The molecular weight excluding hydrogens is 252 g/mol. The normalized spacial score (nSPS) is 13.8. The summed E-state index contributed by atoms with van der Waals surface area (Å²) in [6.07, 6.45) is 1.01. The topological polar surface area (TPSA) is 50.4 Å². The number of amides is 1. The van der Waals surface area contributed by atoms with Gasteiger partial charge in [0.05, 0.1) is 12.6 Å². The predicted octanol–water partition coefficient (Wildman–Crippen LogP) is 1.92. The molecule has 0 heterocycles. The predicted molar refractivity (Wildman–Crippen MR) is 81.8 cm³/mol. The van der Waals surface area contributed by atoms with E-state index in [1.165, 1.54) is 5.56 Å². The van der Waals surface area contributed by atoms with E-state index in [1.54, 1.807) is 7.11 Å². The molecule has 0 aromatic heterocycles. The van der Waals surface area contributed by atoms with Crippen molar-refractivity contribution in [3.8, 4) is 0 Å². The zero-order valence-corrected chi connectivity index (χ0v) is 12.7. The van der Waals surface area contributed by atoms with Gasteiger partial charge in [0, 0.05) is 13.7 Å². The average Bonchev–Trinajstić information content (AvgIpc) is 2.48. The SMILES string of the molecule is COCCNC(=O)C(C)NCCC(C)c1ccccc1. The number of benzene rings is 1. The van der Waals surface area contributed by atoms with Gasteiger partial charge in [0.2, 0.25) is 5.91 Å². The van der Waals surface area contributed by atoms with Crippen LogP contribution < -0.4 is 10.6 Å². The van der Waals surface area contributed by atoms with Crippen molar-refractivity contribution >= 4 is 5.91 Å². The molecule has 0 bridgehead atoms. The number of hydrogen-bond donors (Lipinski definition) is 2. The van der Waals surface area contributed by atoms with E-state index in [4.69, 9.17) is 4.74 Å². The van der Waals surface area contributed by atoms with Crippen molar-refractivity contribution in [2.45, 2.75) is 32.2 Å². The third-order valence-electron chi connectivity index (χ3n) is 3.40. The molecule has 4 heteroatoms.